The molecule has 476 valence electrons. The topological polar surface area (TPSA) is 175 Å². The Labute approximate surface area is 502 Å². The number of allylic oxidation sites excluding steroid dienone is 11. The molecular weight excluding hydrogens is 1030 g/mol. The van der Waals surface area contributed by atoms with Gasteiger partial charge in [-0.25, -0.2) is 0 Å². The standard InChI is InChI=1S/C71H127NO10/c1-3-5-7-9-11-13-15-38-41-45-49-53-57-64(74)63(62-81-71-70(79)69(78)68(77)65(61-73)82-71)72-66(75)58-54-50-46-42-39-35-33-31-29-27-25-23-21-19-17-16-18-20-22-24-26-28-30-32-34-36-40-44-48-52-56-60-80-67(76)59-55-51-47-43-37-14-12-10-8-6-4-2/h9-12,18,20,24,26,38,41,53,57,63-65,68-71,73-74,77-79H,3-8,13-17,19,21-23,25,27-37,39-40,42-52,54-56,58-62H2,1-2H3,(H,72,75)/b11-9+,12-10-,20-18-,26-24-,41-38+,57-53+. The van der Waals surface area contributed by atoms with Crippen molar-refractivity contribution in [2.45, 2.75) is 346 Å². The minimum atomic E-state index is -1.58. The number of rotatable bonds is 59. The van der Waals surface area contributed by atoms with Gasteiger partial charge in [0, 0.05) is 12.8 Å². The van der Waals surface area contributed by atoms with Crippen molar-refractivity contribution in [3.8, 4) is 0 Å². The fourth-order valence-corrected chi connectivity index (χ4v) is 10.3. The fourth-order valence-electron chi connectivity index (χ4n) is 10.3. The third kappa shape index (κ3) is 48.3. The number of unbranched alkanes of at least 4 members (excludes halogenated alkanes) is 35. The molecule has 0 aromatic rings. The zero-order valence-corrected chi connectivity index (χ0v) is 52.7. The van der Waals surface area contributed by atoms with Crippen LogP contribution in [0.4, 0.5) is 0 Å². The van der Waals surface area contributed by atoms with Crippen LogP contribution in [0.2, 0.25) is 0 Å². The first-order valence-corrected chi connectivity index (χ1v) is 34.2. The minimum absolute atomic E-state index is 0.00695. The largest absolute Gasteiger partial charge is 0.466 e. The fraction of sp³-hybridized carbons (Fsp3) is 0.803. The van der Waals surface area contributed by atoms with Gasteiger partial charge < -0.3 is 45.1 Å². The second kappa shape index (κ2) is 59.8. The van der Waals surface area contributed by atoms with E-state index in [1.165, 1.54) is 199 Å². The van der Waals surface area contributed by atoms with Gasteiger partial charge in [0.2, 0.25) is 5.91 Å². The molecule has 0 spiro atoms. The van der Waals surface area contributed by atoms with E-state index in [1.807, 2.05) is 6.08 Å². The lowest BCUT2D eigenvalue weighted by molar-refractivity contribution is -0.302. The van der Waals surface area contributed by atoms with Crippen molar-refractivity contribution < 1.29 is 49.3 Å². The number of esters is 1. The summed E-state index contributed by atoms with van der Waals surface area (Å²) < 4.78 is 16.7. The molecule has 11 heteroatoms. The summed E-state index contributed by atoms with van der Waals surface area (Å²) in [5, 5.41) is 54.4. The zero-order valence-electron chi connectivity index (χ0n) is 52.7. The highest BCUT2D eigenvalue weighted by Crippen LogP contribution is 2.23. The predicted octanol–water partition coefficient (Wildman–Crippen LogP) is 17.1. The number of carbonyl (C=O) groups is 2. The summed E-state index contributed by atoms with van der Waals surface area (Å²) in [7, 11) is 0. The summed E-state index contributed by atoms with van der Waals surface area (Å²) in [4.78, 5) is 25.0. The number of aliphatic hydroxyl groups excluding tert-OH is 5. The maximum Gasteiger partial charge on any atom is 0.305 e. The highest BCUT2D eigenvalue weighted by Gasteiger charge is 2.44. The normalized spacial score (nSPS) is 18.6. The lowest BCUT2D eigenvalue weighted by Gasteiger charge is -2.40. The zero-order chi connectivity index (χ0) is 59.5. The third-order valence-corrected chi connectivity index (χ3v) is 15.7. The first-order chi connectivity index (χ1) is 40.2. The first kappa shape index (κ1) is 77.1. The summed E-state index contributed by atoms with van der Waals surface area (Å²) in [5.41, 5.74) is 0. The number of aliphatic hydroxyl groups is 5. The van der Waals surface area contributed by atoms with E-state index in [4.69, 9.17) is 14.2 Å². The highest BCUT2D eigenvalue weighted by atomic mass is 16.7. The van der Waals surface area contributed by atoms with Gasteiger partial charge in [-0.3, -0.25) is 9.59 Å². The SMILES string of the molecule is CCCC/C=C\CCCCCCCC(=O)OCCCCCCCCCCC/C=C\C/C=C\CCCCCCCCCCCCCCCCCC(=O)NC(COC1OC(CO)C(O)C(O)C1O)C(O)/C=C/CC/C=C/CC/C=C/CCCC. The van der Waals surface area contributed by atoms with Crippen LogP contribution in [0.1, 0.15) is 303 Å². The smallest absolute Gasteiger partial charge is 0.305 e. The van der Waals surface area contributed by atoms with Crippen molar-refractivity contribution in [1.29, 1.82) is 0 Å². The van der Waals surface area contributed by atoms with Crippen LogP contribution in [0.15, 0.2) is 72.9 Å². The molecule has 1 fully saturated rings. The lowest BCUT2D eigenvalue weighted by atomic mass is 9.99. The maximum atomic E-state index is 13.0. The molecule has 1 saturated heterocycles. The maximum absolute atomic E-state index is 13.0. The Hall–Kier alpha value is -2.90. The van der Waals surface area contributed by atoms with Gasteiger partial charge in [0.05, 0.1) is 32.0 Å². The van der Waals surface area contributed by atoms with Crippen LogP contribution >= 0.6 is 0 Å². The Balaban J connectivity index is 1.99. The third-order valence-electron chi connectivity index (χ3n) is 15.7. The summed E-state index contributed by atoms with van der Waals surface area (Å²) >= 11 is 0. The molecule has 7 atom stereocenters. The highest BCUT2D eigenvalue weighted by molar-refractivity contribution is 5.76. The van der Waals surface area contributed by atoms with E-state index >= 15 is 0 Å². The van der Waals surface area contributed by atoms with E-state index in [-0.39, 0.29) is 18.5 Å². The van der Waals surface area contributed by atoms with Crippen molar-refractivity contribution in [2.24, 2.45) is 0 Å². The predicted molar refractivity (Wildman–Crippen MR) is 343 cm³/mol. The van der Waals surface area contributed by atoms with Gasteiger partial charge in [-0.2, -0.15) is 0 Å². The van der Waals surface area contributed by atoms with Gasteiger partial charge in [-0.05, 0) is 103 Å². The summed E-state index contributed by atoms with van der Waals surface area (Å²) in [6.45, 7) is 4.24. The molecule has 1 amide bonds. The average Bonchev–Trinajstić information content (AvgIpc) is 3.68. The van der Waals surface area contributed by atoms with Crippen LogP contribution in [0, 0.1) is 0 Å². The van der Waals surface area contributed by atoms with Gasteiger partial charge in [-0.1, -0.05) is 260 Å². The molecule has 0 bridgehead atoms. The number of carbonyl (C=O) groups excluding carboxylic acids is 2. The molecule has 1 aliphatic heterocycles. The van der Waals surface area contributed by atoms with Crippen LogP contribution < -0.4 is 5.32 Å². The van der Waals surface area contributed by atoms with Crippen LogP contribution in [0.5, 0.6) is 0 Å². The number of hydrogen-bond acceptors (Lipinski definition) is 10. The summed E-state index contributed by atoms with van der Waals surface area (Å²) in [5.74, 6) is -0.204. The Kier molecular flexibility index (Phi) is 56.2. The van der Waals surface area contributed by atoms with Gasteiger partial charge in [0.1, 0.15) is 24.4 Å². The molecule has 0 aromatic carbocycles. The average molecular weight is 1150 g/mol. The van der Waals surface area contributed by atoms with Gasteiger partial charge in [0.25, 0.3) is 0 Å². The number of hydrogen-bond donors (Lipinski definition) is 6. The second-order valence-corrected chi connectivity index (χ2v) is 23.5. The van der Waals surface area contributed by atoms with E-state index < -0.39 is 49.5 Å². The van der Waals surface area contributed by atoms with Crippen molar-refractivity contribution in [1.82, 2.24) is 5.32 Å². The number of nitrogens with one attached hydrogen (secondary N) is 1. The van der Waals surface area contributed by atoms with Crippen molar-refractivity contribution >= 4 is 11.9 Å². The molecule has 1 aliphatic rings. The Morgan fingerprint density at radius 3 is 1.28 bits per heavy atom. The molecule has 0 radical (unpaired) electrons. The summed E-state index contributed by atoms with van der Waals surface area (Å²) in [6.07, 6.45) is 70.4. The Morgan fingerprint density at radius 1 is 0.451 bits per heavy atom. The van der Waals surface area contributed by atoms with Crippen molar-refractivity contribution in [3.05, 3.63) is 72.9 Å². The van der Waals surface area contributed by atoms with Crippen LogP contribution in [0.25, 0.3) is 0 Å². The molecule has 0 aromatic heterocycles. The van der Waals surface area contributed by atoms with Crippen LogP contribution in [-0.2, 0) is 23.8 Å². The molecule has 1 heterocycles. The van der Waals surface area contributed by atoms with Crippen molar-refractivity contribution in [3.63, 3.8) is 0 Å². The van der Waals surface area contributed by atoms with Crippen LogP contribution in [-0.4, -0.2) is 100 Å². The number of ether oxygens (including phenoxy) is 3. The van der Waals surface area contributed by atoms with E-state index in [0.717, 1.165) is 77.0 Å². The Bertz CT molecular complexity index is 1590. The quantitative estimate of drug-likeness (QED) is 0.0195. The van der Waals surface area contributed by atoms with Gasteiger partial charge >= 0.3 is 5.97 Å². The molecular formula is C71H127NO10. The minimum Gasteiger partial charge on any atom is -0.466 e. The van der Waals surface area contributed by atoms with Gasteiger partial charge in [0.15, 0.2) is 6.29 Å². The Morgan fingerprint density at radius 2 is 0.829 bits per heavy atom. The van der Waals surface area contributed by atoms with E-state index in [2.05, 4.69) is 79.9 Å². The molecule has 0 aliphatic carbocycles. The summed E-state index contributed by atoms with van der Waals surface area (Å²) in [6, 6.07) is -0.835. The van der Waals surface area contributed by atoms with E-state index in [9.17, 15) is 35.1 Å². The molecule has 1 rings (SSSR count). The monoisotopic (exact) mass is 1150 g/mol. The molecule has 11 nitrogen and oxygen atoms in total. The molecule has 6 N–H and O–H groups in total. The first-order valence-electron chi connectivity index (χ1n) is 34.2. The van der Waals surface area contributed by atoms with E-state index in [0.29, 0.717) is 19.4 Å². The lowest BCUT2D eigenvalue weighted by Crippen LogP contribution is -2.60. The molecule has 0 saturated carbocycles. The van der Waals surface area contributed by atoms with Gasteiger partial charge in [-0.15, -0.1) is 0 Å². The molecule has 82 heavy (non-hydrogen) atoms. The van der Waals surface area contributed by atoms with Crippen molar-refractivity contribution in [2.75, 3.05) is 19.8 Å². The second-order valence-electron chi connectivity index (χ2n) is 23.5. The number of amides is 1. The van der Waals surface area contributed by atoms with E-state index in [1.54, 1.807) is 6.08 Å². The van der Waals surface area contributed by atoms with Crippen LogP contribution in [0.3, 0.4) is 0 Å². The molecule has 7 unspecified atom stereocenters.